The number of carbonyl (C=O) groups excluding carboxylic acids is 1. The minimum absolute atomic E-state index is 0.254. The van der Waals surface area contributed by atoms with Crippen molar-refractivity contribution in [2.45, 2.75) is 19.4 Å². The van der Waals surface area contributed by atoms with Crippen LogP contribution in [0.1, 0.15) is 12.5 Å². The molecular weight excluding hydrogens is 360 g/mol. The van der Waals surface area contributed by atoms with Gasteiger partial charge >= 0.3 is 0 Å². The van der Waals surface area contributed by atoms with E-state index in [1.807, 2.05) is 24.3 Å². The van der Waals surface area contributed by atoms with Gasteiger partial charge in [-0.25, -0.2) is 8.42 Å². The summed E-state index contributed by atoms with van der Waals surface area (Å²) >= 11 is 6.00. The molecule has 5 nitrogen and oxygen atoms in total. The zero-order valence-corrected chi connectivity index (χ0v) is 15.6. The van der Waals surface area contributed by atoms with Gasteiger partial charge in [0.25, 0.3) is 5.91 Å². The number of anilines is 2. The number of hydrogen-bond acceptors (Lipinski definition) is 3. The van der Waals surface area contributed by atoms with Gasteiger partial charge in [0.2, 0.25) is 10.0 Å². The average Bonchev–Trinajstić information content (AvgIpc) is 2.97. The van der Waals surface area contributed by atoms with Crippen LogP contribution >= 0.6 is 11.6 Å². The molecule has 1 aliphatic heterocycles. The summed E-state index contributed by atoms with van der Waals surface area (Å²) in [4.78, 5) is 14.7. The van der Waals surface area contributed by atoms with Gasteiger partial charge in [0.1, 0.15) is 6.04 Å². The number of halogens is 1. The lowest BCUT2D eigenvalue weighted by Crippen LogP contribution is -2.49. The molecule has 0 aliphatic carbocycles. The van der Waals surface area contributed by atoms with Crippen LogP contribution in [0, 0.1) is 0 Å². The van der Waals surface area contributed by atoms with Crippen LogP contribution in [0.3, 0.4) is 0 Å². The second kappa shape index (κ2) is 6.69. The van der Waals surface area contributed by atoms with Crippen LogP contribution in [0.25, 0.3) is 0 Å². The van der Waals surface area contributed by atoms with E-state index in [1.54, 1.807) is 36.1 Å². The van der Waals surface area contributed by atoms with Gasteiger partial charge < -0.3 is 4.90 Å². The summed E-state index contributed by atoms with van der Waals surface area (Å²) in [7, 11) is -3.66. The molecule has 2 aromatic carbocycles. The van der Waals surface area contributed by atoms with Crippen molar-refractivity contribution >= 4 is 38.9 Å². The Morgan fingerprint density at radius 1 is 1.20 bits per heavy atom. The van der Waals surface area contributed by atoms with Crippen LogP contribution in [0.4, 0.5) is 11.4 Å². The molecule has 0 spiro atoms. The Morgan fingerprint density at radius 2 is 1.92 bits per heavy atom. The van der Waals surface area contributed by atoms with Gasteiger partial charge in [0.05, 0.1) is 11.9 Å². The minimum atomic E-state index is -3.66. The van der Waals surface area contributed by atoms with Crippen LogP contribution < -0.4 is 9.21 Å². The van der Waals surface area contributed by atoms with Crippen molar-refractivity contribution in [2.75, 3.05) is 22.0 Å². The molecule has 0 radical (unpaired) electrons. The second-order valence-electron chi connectivity index (χ2n) is 6.08. The van der Waals surface area contributed by atoms with E-state index in [0.717, 1.165) is 28.2 Å². The highest BCUT2D eigenvalue weighted by atomic mass is 35.5. The molecule has 1 aliphatic rings. The van der Waals surface area contributed by atoms with Crippen molar-refractivity contribution in [3.8, 4) is 0 Å². The van der Waals surface area contributed by atoms with E-state index in [4.69, 9.17) is 11.6 Å². The quantitative estimate of drug-likeness (QED) is 0.821. The van der Waals surface area contributed by atoms with Gasteiger partial charge in [0.15, 0.2) is 0 Å². The molecule has 0 aromatic heterocycles. The summed E-state index contributed by atoms with van der Waals surface area (Å²) in [6.07, 6.45) is 1.86. The smallest absolute Gasteiger partial charge is 0.250 e. The Kier molecular flexibility index (Phi) is 4.75. The highest BCUT2D eigenvalue weighted by Crippen LogP contribution is 2.30. The van der Waals surface area contributed by atoms with E-state index in [1.165, 1.54) is 0 Å². The SMILES string of the molecule is C[C@H](C(=O)N1CCc2ccccc21)N(c1cccc(Cl)c1)S(C)(=O)=O. The first-order valence-electron chi connectivity index (χ1n) is 7.93. The molecule has 1 amide bonds. The maximum Gasteiger partial charge on any atom is 0.250 e. The van der Waals surface area contributed by atoms with Gasteiger partial charge in [-0.05, 0) is 43.2 Å². The second-order valence-corrected chi connectivity index (χ2v) is 8.38. The molecule has 0 bridgehead atoms. The molecule has 2 aromatic rings. The van der Waals surface area contributed by atoms with Crippen molar-refractivity contribution < 1.29 is 13.2 Å². The zero-order chi connectivity index (χ0) is 18.2. The number of hydrogen-bond donors (Lipinski definition) is 0. The van der Waals surface area contributed by atoms with Gasteiger partial charge in [-0.15, -0.1) is 0 Å². The van der Waals surface area contributed by atoms with Crippen molar-refractivity contribution in [3.63, 3.8) is 0 Å². The first-order valence-corrected chi connectivity index (χ1v) is 10.2. The Morgan fingerprint density at radius 3 is 2.60 bits per heavy atom. The fourth-order valence-electron chi connectivity index (χ4n) is 3.21. The summed E-state index contributed by atoms with van der Waals surface area (Å²) in [5.41, 5.74) is 2.32. The predicted octanol–water partition coefficient (Wildman–Crippen LogP) is 3.08. The number of benzene rings is 2. The predicted molar refractivity (Wildman–Crippen MR) is 101 cm³/mol. The van der Waals surface area contributed by atoms with E-state index in [-0.39, 0.29) is 5.91 Å². The normalized spacial score (nSPS) is 14.9. The van der Waals surface area contributed by atoms with E-state index < -0.39 is 16.1 Å². The average molecular weight is 379 g/mol. The number of carbonyl (C=O) groups is 1. The number of amides is 1. The van der Waals surface area contributed by atoms with Crippen molar-refractivity contribution in [3.05, 3.63) is 59.1 Å². The van der Waals surface area contributed by atoms with E-state index in [9.17, 15) is 13.2 Å². The molecule has 3 rings (SSSR count). The highest BCUT2D eigenvalue weighted by molar-refractivity contribution is 7.92. The van der Waals surface area contributed by atoms with E-state index in [0.29, 0.717) is 17.3 Å². The number of rotatable bonds is 4. The largest absolute Gasteiger partial charge is 0.310 e. The lowest BCUT2D eigenvalue weighted by molar-refractivity contribution is -0.119. The Bertz CT molecular complexity index is 914. The van der Waals surface area contributed by atoms with Crippen LogP contribution in [0.5, 0.6) is 0 Å². The Labute approximate surface area is 152 Å². The van der Waals surface area contributed by atoms with Gasteiger partial charge in [0, 0.05) is 17.3 Å². The monoisotopic (exact) mass is 378 g/mol. The number of fused-ring (bicyclic) bond motifs is 1. The molecule has 0 unspecified atom stereocenters. The van der Waals surface area contributed by atoms with Crippen LogP contribution in [0.2, 0.25) is 5.02 Å². The zero-order valence-electron chi connectivity index (χ0n) is 14.0. The number of sulfonamides is 1. The summed E-state index contributed by atoms with van der Waals surface area (Å²) in [5.74, 6) is -0.254. The van der Waals surface area contributed by atoms with E-state index >= 15 is 0 Å². The fraction of sp³-hybridized carbons (Fsp3) is 0.278. The summed E-state index contributed by atoms with van der Waals surface area (Å²) in [6, 6.07) is 13.3. The third-order valence-corrected chi connectivity index (χ3v) is 5.76. The van der Waals surface area contributed by atoms with Gasteiger partial charge in [-0.1, -0.05) is 35.9 Å². The standard InChI is InChI=1S/C18H19ClN2O3S/c1-13(18(22)20-11-10-14-6-3-4-9-17(14)20)21(25(2,23)24)16-8-5-7-15(19)12-16/h3-9,12-13H,10-11H2,1-2H3/t13-/m1/s1. The fourth-order valence-corrected chi connectivity index (χ4v) is 4.55. The number of para-hydroxylation sites is 1. The first kappa shape index (κ1) is 17.8. The summed E-state index contributed by atoms with van der Waals surface area (Å²) in [5, 5.41) is 0.414. The molecule has 132 valence electrons. The maximum atomic E-state index is 13.0. The molecule has 1 heterocycles. The molecule has 0 saturated heterocycles. The summed E-state index contributed by atoms with van der Waals surface area (Å²) < 4.78 is 25.9. The molecule has 0 saturated carbocycles. The Balaban J connectivity index is 1.96. The van der Waals surface area contributed by atoms with E-state index in [2.05, 4.69) is 0 Å². The lowest BCUT2D eigenvalue weighted by atomic mass is 10.2. The van der Waals surface area contributed by atoms with Crippen LogP contribution in [-0.4, -0.2) is 33.2 Å². The molecule has 1 atom stereocenters. The molecule has 25 heavy (non-hydrogen) atoms. The third kappa shape index (κ3) is 3.50. The lowest BCUT2D eigenvalue weighted by Gasteiger charge is -2.31. The maximum absolute atomic E-state index is 13.0. The topological polar surface area (TPSA) is 57.7 Å². The van der Waals surface area contributed by atoms with Crippen molar-refractivity contribution in [1.82, 2.24) is 0 Å². The molecular formula is C18H19ClN2O3S. The van der Waals surface area contributed by atoms with Gasteiger partial charge in [-0.3, -0.25) is 9.10 Å². The molecule has 0 fully saturated rings. The Hall–Kier alpha value is -2.05. The van der Waals surface area contributed by atoms with Crippen molar-refractivity contribution in [2.24, 2.45) is 0 Å². The van der Waals surface area contributed by atoms with Gasteiger partial charge in [-0.2, -0.15) is 0 Å². The van der Waals surface area contributed by atoms with Crippen LogP contribution in [-0.2, 0) is 21.2 Å². The van der Waals surface area contributed by atoms with Crippen molar-refractivity contribution in [1.29, 1.82) is 0 Å². The van der Waals surface area contributed by atoms with Crippen LogP contribution in [0.15, 0.2) is 48.5 Å². The summed E-state index contributed by atoms with van der Waals surface area (Å²) in [6.45, 7) is 2.15. The number of nitrogens with zero attached hydrogens (tertiary/aromatic N) is 2. The first-order chi connectivity index (χ1) is 11.8. The molecule has 7 heteroatoms. The highest BCUT2D eigenvalue weighted by Gasteiger charge is 2.34. The third-order valence-electron chi connectivity index (χ3n) is 4.28. The molecule has 0 N–H and O–H groups in total. The minimum Gasteiger partial charge on any atom is -0.310 e.